The fourth-order valence-corrected chi connectivity index (χ4v) is 4.49. The summed E-state index contributed by atoms with van der Waals surface area (Å²) in [6.07, 6.45) is 3.55. The molecule has 6 unspecified atom stereocenters. The van der Waals surface area contributed by atoms with Gasteiger partial charge in [0.05, 0.1) is 6.04 Å². The van der Waals surface area contributed by atoms with Gasteiger partial charge in [-0.3, -0.25) is 19.4 Å². The monoisotopic (exact) mass is 586 g/mol. The number of aliphatic imine (C=N–C) groups is 1. The highest BCUT2D eigenvalue weighted by Gasteiger charge is 2.33. The van der Waals surface area contributed by atoms with Crippen LogP contribution in [0.3, 0.4) is 0 Å². The zero-order valence-electron chi connectivity index (χ0n) is 24.9. The van der Waals surface area contributed by atoms with Crippen molar-refractivity contribution in [3.05, 3.63) is 36.0 Å². The maximum atomic E-state index is 13.7. The molecule has 0 bridgehead atoms. The maximum absolute atomic E-state index is 13.7. The molecule has 2 rings (SSSR count). The van der Waals surface area contributed by atoms with Crippen molar-refractivity contribution >= 4 is 40.6 Å². The number of rotatable bonds is 17. The Morgan fingerprint density at radius 1 is 0.929 bits per heavy atom. The summed E-state index contributed by atoms with van der Waals surface area (Å²) in [5, 5.41) is 18.7. The summed E-state index contributed by atoms with van der Waals surface area (Å²) in [7, 11) is 0. The number of nitrogens with zero attached hydrogens (tertiary/aromatic N) is 1. The van der Waals surface area contributed by atoms with Crippen molar-refractivity contribution in [3.8, 4) is 0 Å². The quantitative estimate of drug-likeness (QED) is 0.0746. The summed E-state index contributed by atoms with van der Waals surface area (Å²) < 4.78 is 0. The molecule has 1 heterocycles. The molecule has 0 saturated carbocycles. The Balaban J connectivity index is 2.28. The average Bonchev–Trinajstić information content (AvgIpc) is 3.37. The molecule has 0 aliphatic rings. The van der Waals surface area contributed by atoms with Crippen molar-refractivity contribution in [1.29, 1.82) is 0 Å². The van der Waals surface area contributed by atoms with E-state index in [-0.39, 0.29) is 37.2 Å². The van der Waals surface area contributed by atoms with Gasteiger partial charge in [0, 0.05) is 30.1 Å². The van der Waals surface area contributed by atoms with Crippen molar-refractivity contribution in [2.75, 3.05) is 6.54 Å². The Morgan fingerprint density at radius 2 is 1.57 bits per heavy atom. The first-order valence-electron chi connectivity index (χ1n) is 14.4. The van der Waals surface area contributed by atoms with Gasteiger partial charge in [0.15, 0.2) is 5.96 Å². The molecular formula is C29H46N8O5. The molecule has 13 heteroatoms. The van der Waals surface area contributed by atoms with Crippen LogP contribution in [0, 0.1) is 11.8 Å². The van der Waals surface area contributed by atoms with E-state index in [1.54, 1.807) is 13.1 Å². The Morgan fingerprint density at radius 3 is 2.19 bits per heavy atom. The van der Waals surface area contributed by atoms with E-state index in [1.165, 1.54) is 0 Å². The lowest BCUT2D eigenvalue weighted by atomic mass is 9.96. The summed E-state index contributed by atoms with van der Waals surface area (Å²) in [6, 6.07) is 3.48. The number of fused-ring (bicyclic) bond motifs is 1. The smallest absolute Gasteiger partial charge is 0.326 e. The highest BCUT2D eigenvalue weighted by Crippen LogP contribution is 2.20. The van der Waals surface area contributed by atoms with Gasteiger partial charge in [0.2, 0.25) is 17.7 Å². The number of nitrogens with two attached hydrogens (primary N) is 3. The van der Waals surface area contributed by atoms with Crippen molar-refractivity contribution in [3.63, 3.8) is 0 Å². The van der Waals surface area contributed by atoms with Gasteiger partial charge in [-0.2, -0.15) is 0 Å². The molecular weight excluding hydrogens is 540 g/mol. The fourth-order valence-electron chi connectivity index (χ4n) is 4.49. The number of carbonyl (C=O) groups is 4. The van der Waals surface area contributed by atoms with E-state index in [0.717, 1.165) is 16.5 Å². The van der Waals surface area contributed by atoms with Crippen LogP contribution >= 0.6 is 0 Å². The Kier molecular flexibility index (Phi) is 13.3. The first-order chi connectivity index (χ1) is 19.9. The SMILES string of the molecule is CCC(C)C(N)C(=O)NC(Cc1c[nH]c2ccccc12)C(=O)NC(C(=O)NC(CCCN=C(N)N)C(=O)O)C(C)CC. The molecule has 2 aromatic rings. The van der Waals surface area contributed by atoms with E-state index in [2.05, 4.69) is 25.9 Å². The molecule has 1 aromatic heterocycles. The number of carbonyl (C=O) groups excluding carboxylic acids is 3. The molecule has 0 aliphatic carbocycles. The number of benzene rings is 1. The lowest BCUT2D eigenvalue weighted by Crippen LogP contribution is -2.59. The highest BCUT2D eigenvalue weighted by molar-refractivity contribution is 5.95. The minimum Gasteiger partial charge on any atom is -0.480 e. The second kappa shape index (κ2) is 16.3. The largest absolute Gasteiger partial charge is 0.480 e. The molecule has 0 aliphatic heterocycles. The number of aromatic amines is 1. The summed E-state index contributed by atoms with van der Waals surface area (Å²) in [4.78, 5) is 59.0. The molecule has 0 spiro atoms. The van der Waals surface area contributed by atoms with Gasteiger partial charge in [-0.1, -0.05) is 58.7 Å². The van der Waals surface area contributed by atoms with Gasteiger partial charge >= 0.3 is 5.97 Å². The average molecular weight is 587 g/mol. The minimum atomic E-state index is -1.22. The van der Waals surface area contributed by atoms with Crippen LogP contribution in [-0.2, 0) is 25.6 Å². The van der Waals surface area contributed by atoms with Crippen LogP contribution in [0.15, 0.2) is 35.5 Å². The molecule has 0 radical (unpaired) electrons. The van der Waals surface area contributed by atoms with Gasteiger partial charge in [-0.15, -0.1) is 0 Å². The van der Waals surface area contributed by atoms with E-state index >= 15 is 0 Å². The number of guanidine groups is 1. The third kappa shape index (κ3) is 9.75. The number of aliphatic carboxylic acids is 1. The summed E-state index contributed by atoms with van der Waals surface area (Å²) in [5.74, 6) is -3.46. The van der Waals surface area contributed by atoms with E-state index in [0.29, 0.717) is 19.3 Å². The number of hydrogen-bond acceptors (Lipinski definition) is 6. The van der Waals surface area contributed by atoms with Crippen molar-refractivity contribution in [1.82, 2.24) is 20.9 Å². The summed E-state index contributed by atoms with van der Waals surface area (Å²) in [6.45, 7) is 7.64. The number of carboxylic acids is 1. The number of amides is 3. The number of carboxylic acid groups (broad SMARTS) is 1. The molecule has 13 nitrogen and oxygen atoms in total. The number of aromatic nitrogens is 1. The zero-order valence-corrected chi connectivity index (χ0v) is 24.9. The third-order valence-electron chi connectivity index (χ3n) is 7.64. The van der Waals surface area contributed by atoms with E-state index in [1.807, 2.05) is 45.0 Å². The number of hydrogen-bond donors (Lipinski definition) is 8. The van der Waals surface area contributed by atoms with Crippen LogP contribution in [0.2, 0.25) is 0 Å². The molecule has 232 valence electrons. The van der Waals surface area contributed by atoms with Gasteiger partial charge in [-0.05, 0) is 36.3 Å². The normalized spacial score (nSPS) is 15.5. The van der Waals surface area contributed by atoms with Crippen LogP contribution in [0.25, 0.3) is 10.9 Å². The predicted molar refractivity (Wildman–Crippen MR) is 162 cm³/mol. The van der Waals surface area contributed by atoms with Gasteiger partial charge in [0.25, 0.3) is 0 Å². The summed E-state index contributed by atoms with van der Waals surface area (Å²) >= 11 is 0. The van der Waals surface area contributed by atoms with Crippen molar-refractivity contribution in [2.45, 2.75) is 84.0 Å². The van der Waals surface area contributed by atoms with E-state index < -0.39 is 47.9 Å². The predicted octanol–water partition coefficient (Wildman–Crippen LogP) is 0.723. The third-order valence-corrected chi connectivity index (χ3v) is 7.64. The first-order valence-corrected chi connectivity index (χ1v) is 14.4. The topological polar surface area (TPSA) is 231 Å². The Hall–Kier alpha value is -4.13. The minimum absolute atomic E-state index is 0.0891. The van der Waals surface area contributed by atoms with Crippen LogP contribution < -0.4 is 33.2 Å². The zero-order chi connectivity index (χ0) is 31.4. The van der Waals surface area contributed by atoms with Gasteiger partial charge < -0.3 is 43.2 Å². The van der Waals surface area contributed by atoms with E-state index in [4.69, 9.17) is 17.2 Å². The van der Waals surface area contributed by atoms with Crippen LogP contribution in [0.1, 0.15) is 58.9 Å². The van der Waals surface area contributed by atoms with Gasteiger partial charge in [0.1, 0.15) is 18.1 Å². The Bertz CT molecular complexity index is 1240. The molecule has 0 saturated heterocycles. The number of para-hydroxylation sites is 1. The van der Waals surface area contributed by atoms with Crippen LogP contribution in [0.5, 0.6) is 0 Å². The highest BCUT2D eigenvalue weighted by atomic mass is 16.4. The summed E-state index contributed by atoms with van der Waals surface area (Å²) in [5.41, 5.74) is 18.5. The van der Waals surface area contributed by atoms with E-state index in [9.17, 15) is 24.3 Å². The van der Waals surface area contributed by atoms with Gasteiger partial charge in [-0.25, -0.2) is 4.79 Å². The molecule has 11 N–H and O–H groups in total. The molecule has 6 atom stereocenters. The standard InChI is InChI=1S/C29H46N8O5/c1-5-16(3)23(30)26(39)36-22(14-18-15-34-20-11-8-7-10-19(18)20)25(38)37-24(17(4)6-2)27(40)35-21(28(41)42)12-9-13-33-29(31)32/h7-8,10-11,15-17,21-24,34H,5-6,9,12-14,30H2,1-4H3,(H,35,40)(H,36,39)(H,37,38)(H,41,42)(H4,31,32,33). The second-order valence-corrected chi connectivity index (χ2v) is 10.8. The second-order valence-electron chi connectivity index (χ2n) is 10.8. The molecule has 42 heavy (non-hydrogen) atoms. The molecule has 0 fully saturated rings. The number of H-pyrrole nitrogens is 1. The van der Waals surface area contributed by atoms with Crippen LogP contribution in [0.4, 0.5) is 0 Å². The molecule has 1 aromatic carbocycles. The molecule has 3 amide bonds. The van der Waals surface area contributed by atoms with Crippen LogP contribution in [-0.4, -0.2) is 70.5 Å². The van der Waals surface area contributed by atoms with Crippen molar-refractivity contribution < 1.29 is 24.3 Å². The number of nitrogens with one attached hydrogen (secondary N) is 4. The first kappa shape index (κ1) is 34.1. The van der Waals surface area contributed by atoms with Crippen molar-refractivity contribution in [2.24, 2.45) is 34.0 Å². The lowest BCUT2D eigenvalue weighted by molar-refractivity contribution is -0.143. The fraction of sp³-hybridized carbons (Fsp3) is 0.552. The Labute approximate surface area is 246 Å². The lowest BCUT2D eigenvalue weighted by Gasteiger charge is -2.28. The maximum Gasteiger partial charge on any atom is 0.326 e.